The molecule has 1 atom stereocenters. The number of rotatable bonds is 8. The van der Waals surface area contributed by atoms with Gasteiger partial charge in [-0.2, -0.15) is 5.26 Å². The highest BCUT2D eigenvalue weighted by molar-refractivity contribution is 9.10. The summed E-state index contributed by atoms with van der Waals surface area (Å²) in [7, 11) is 0. The number of terminal acetylenes is 1. The third-order valence-corrected chi connectivity index (χ3v) is 4.54. The summed E-state index contributed by atoms with van der Waals surface area (Å²) in [6, 6.07) is 14.7. The minimum atomic E-state index is -0.453. The summed E-state index contributed by atoms with van der Waals surface area (Å²) >= 11 is 3.43. The predicted molar refractivity (Wildman–Crippen MR) is 116 cm³/mol. The SMILES string of the molecule is C#CCOc1c(Br)cc(/C=C(/C#N)C(=O)N[C@H](C)c2ccccc2)cc1OCC. The molecule has 1 amide bonds. The summed E-state index contributed by atoms with van der Waals surface area (Å²) in [5.74, 6) is 2.90. The number of amides is 1. The second-order valence-electron chi connectivity index (χ2n) is 6.03. The first-order chi connectivity index (χ1) is 14.0. The van der Waals surface area contributed by atoms with Gasteiger partial charge in [-0.25, -0.2) is 0 Å². The molecule has 0 spiro atoms. The highest BCUT2D eigenvalue weighted by atomic mass is 79.9. The maximum Gasteiger partial charge on any atom is 0.262 e. The van der Waals surface area contributed by atoms with E-state index in [1.807, 2.05) is 50.2 Å². The smallest absolute Gasteiger partial charge is 0.262 e. The maximum absolute atomic E-state index is 12.6. The molecule has 0 radical (unpaired) electrons. The number of nitrogens with zero attached hydrogens (tertiary/aromatic N) is 1. The van der Waals surface area contributed by atoms with E-state index in [-0.39, 0.29) is 18.2 Å². The first-order valence-electron chi connectivity index (χ1n) is 9.00. The number of ether oxygens (including phenoxy) is 2. The Kier molecular flexibility index (Phi) is 8.33. The summed E-state index contributed by atoms with van der Waals surface area (Å²) in [4.78, 5) is 12.6. The average Bonchev–Trinajstić information content (AvgIpc) is 2.72. The lowest BCUT2D eigenvalue weighted by Gasteiger charge is -2.15. The normalized spacial score (nSPS) is 11.7. The summed E-state index contributed by atoms with van der Waals surface area (Å²) < 4.78 is 11.8. The van der Waals surface area contributed by atoms with Crippen molar-refractivity contribution in [3.05, 3.63) is 63.6 Å². The van der Waals surface area contributed by atoms with Crippen LogP contribution in [0.25, 0.3) is 6.08 Å². The molecule has 0 aromatic heterocycles. The van der Waals surface area contributed by atoms with E-state index in [4.69, 9.17) is 15.9 Å². The molecule has 29 heavy (non-hydrogen) atoms. The molecule has 0 bridgehead atoms. The second kappa shape index (κ2) is 10.9. The predicted octanol–water partition coefficient (Wildman–Crippen LogP) is 4.64. The molecule has 0 aliphatic heterocycles. The van der Waals surface area contributed by atoms with Crippen molar-refractivity contribution in [3.63, 3.8) is 0 Å². The van der Waals surface area contributed by atoms with E-state index < -0.39 is 5.91 Å². The molecule has 0 saturated carbocycles. The number of benzene rings is 2. The Morgan fingerprint density at radius 2 is 2.03 bits per heavy atom. The number of hydrogen-bond donors (Lipinski definition) is 1. The van der Waals surface area contributed by atoms with Crippen LogP contribution in [-0.4, -0.2) is 19.1 Å². The van der Waals surface area contributed by atoms with Crippen molar-refractivity contribution in [1.82, 2.24) is 5.32 Å². The molecular formula is C23H21BrN2O3. The van der Waals surface area contributed by atoms with Gasteiger partial charge in [0.15, 0.2) is 11.5 Å². The quantitative estimate of drug-likeness (QED) is 0.359. The van der Waals surface area contributed by atoms with Crippen LogP contribution in [0, 0.1) is 23.7 Å². The van der Waals surface area contributed by atoms with Crippen LogP contribution in [0.5, 0.6) is 11.5 Å². The van der Waals surface area contributed by atoms with Gasteiger partial charge < -0.3 is 14.8 Å². The molecule has 2 aromatic carbocycles. The summed E-state index contributed by atoms with van der Waals surface area (Å²) in [6.45, 7) is 4.23. The molecule has 2 aromatic rings. The Morgan fingerprint density at radius 1 is 1.31 bits per heavy atom. The Morgan fingerprint density at radius 3 is 2.66 bits per heavy atom. The Hall–Kier alpha value is -3.22. The van der Waals surface area contributed by atoms with E-state index in [1.54, 1.807) is 12.1 Å². The number of carbonyl (C=O) groups excluding carboxylic acids is 1. The molecule has 5 nitrogen and oxygen atoms in total. The third-order valence-electron chi connectivity index (χ3n) is 3.95. The third kappa shape index (κ3) is 6.14. The average molecular weight is 453 g/mol. The van der Waals surface area contributed by atoms with E-state index in [9.17, 15) is 10.1 Å². The maximum atomic E-state index is 12.6. The molecule has 0 saturated heterocycles. The van der Waals surface area contributed by atoms with Gasteiger partial charge in [-0.15, -0.1) is 6.42 Å². The minimum Gasteiger partial charge on any atom is -0.490 e. The Bertz CT molecular complexity index is 972. The van der Waals surface area contributed by atoms with Crippen molar-refractivity contribution < 1.29 is 14.3 Å². The summed E-state index contributed by atoms with van der Waals surface area (Å²) in [5.41, 5.74) is 1.56. The highest BCUT2D eigenvalue weighted by Gasteiger charge is 2.16. The lowest BCUT2D eigenvalue weighted by molar-refractivity contribution is -0.117. The van der Waals surface area contributed by atoms with Crippen LogP contribution in [-0.2, 0) is 4.79 Å². The van der Waals surface area contributed by atoms with Gasteiger partial charge in [-0.05, 0) is 59.1 Å². The van der Waals surface area contributed by atoms with Crippen LogP contribution in [0.2, 0.25) is 0 Å². The molecule has 0 aliphatic rings. The van der Waals surface area contributed by atoms with E-state index in [0.29, 0.717) is 28.1 Å². The van der Waals surface area contributed by atoms with Gasteiger partial charge in [0.2, 0.25) is 0 Å². The van der Waals surface area contributed by atoms with E-state index in [1.165, 1.54) is 6.08 Å². The molecule has 0 fully saturated rings. The van der Waals surface area contributed by atoms with Crippen molar-refractivity contribution in [2.75, 3.05) is 13.2 Å². The largest absolute Gasteiger partial charge is 0.490 e. The van der Waals surface area contributed by atoms with Gasteiger partial charge >= 0.3 is 0 Å². The van der Waals surface area contributed by atoms with Crippen molar-refractivity contribution in [1.29, 1.82) is 5.26 Å². The molecule has 0 heterocycles. The van der Waals surface area contributed by atoms with Crippen LogP contribution in [0.15, 0.2) is 52.5 Å². The molecule has 0 aliphatic carbocycles. The van der Waals surface area contributed by atoms with Crippen LogP contribution in [0.4, 0.5) is 0 Å². The number of halogens is 1. The highest BCUT2D eigenvalue weighted by Crippen LogP contribution is 2.37. The lowest BCUT2D eigenvalue weighted by Crippen LogP contribution is -2.27. The zero-order chi connectivity index (χ0) is 21.2. The number of carbonyl (C=O) groups is 1. The van der Waals surface area contributed by atoms with Gasteiger partial charge in [0.05, 0.1) is 17.1 Å². The van der Waals surface area contributed by atoms with Crippen molar-refractivity contribution in [3.8, 4) is 29.9 Å². The first kappa shape index (κ1) is 22.1. The summed E-state index contributed by atoms with van der Waals surface area (Å²) in [5, 5.41) is 12.3. The number of nitrogens with one attached hydrogen (secondary N) is 1. The monoisotopic (exact) mass is 452 g/mol. The van der Waals surface area contributed by atoms with Crippen LogP contribution < -0.4 is 14.8 Å². The summed E-state index contributed by atoms with van der Waals surface area (Å²) in [6.07, 6.45) is 6.76. The van der Waals surface area contributed by atoms with Gasteiger partial charge in [-0.3, -0.25) is 4.79 Å². The van der Waals surface area contributed by atoms with E-state index >= 15 is 0 Å². The Labute approximate surface area is 179 Å². The second-order valence-corrected chi connectivity index (χ2v) is 6.89. The Balaban J connectivity index is 2.28. The van der Waals surface area contributed by atoms with Crippen LogP contribution >= 0.6 is 15.9 Å². The van der Waals surface area contributed by atoms with Crippen molar-refractivity contribution in [2.24, 2.45) is 0 Å². The number of nitriles is 1. The molecule has 1 N–H and O–H groups in total. The van der Waals surface area contributed by atoms with Gasteiger partial charge in [-0.1, -0.05) is 36.3 Å². The van der Waals surface area contributed by atoms with E-state index in [0.717, 1.165) is 5.56 Å². The minimum absolute atomic E-state index is 0.0144. The molecule has 0 unspecified atom stereocenters. The zero-order valence-electron chi connectivity index (χ0n) is 16.2. The van der Waals surface area contributed by atoms with Crippen molar-refractivity contribution in [2.45, 2.75) is 19.9 Å². The van der Waals surface area contributed by atoms with Crippen LogP contribution in [0.3, 0.4) is 0 Å². The zero-order valence-corrected chi connectivity index (χ0v) is 17.8. The molecule has 148 valence electrons. The standard InChI is InChI=1S/C23H21BrN2O3/c1-4-11-29-22-20(24)13-17(14-21(22)28-5-2)12-19(15-25)23(27)26-16(3)18-9-7-6-8-10-18/h1,6-10,12-14,16H,5,11H2,2-3H3,(H,26,27)/b19-12-/t16-/m1/s1. The fourth-order valence-corrected chi connectivity index (χ4v) is 3.18. The molecular weight excluding hydrogens is 432 g/mol. The first-order valence-corrected chi connectivity index (χ1v) is 9.79. The number of hydrogen-bond acceptors (Lipinski definition) is 4. The molecule has 6 heteroatoms. The topological polar surface area (TPSA) is 71.3 Å². The van der Waals surface area contributed by atoms with E-state index in [2.05, 4.69) is 27.2 Å². The van der Waals surface area contributed by atoms with Gasteiger partial charge in [0, 0.05) is 0 Å². The van der Waals surface area contributed by atoms with Gasteiger partial charge in [0.1, 0.15) is 18.2 Å². The van der Waals surface area contributed by atoms with Crippen molar-refractivity contribution >= 4 is 27.9 Å². The van der Waals surface area contributed by atoms with Crippen LogP contribution in [0.1, 0.15) is 31.0 Å². The fraction of sp³-hybridized carbons (Fsp3) is 0.217. The molecule has 2 rings (SSSR count). The lowest BCUT2D eigenvalue weighted by atomic mass is 10.1. The fourth-order valence-electron chi connectivity index (χ4n) is 2.60. The van der Waals surface area contributed by atoms with Gasteiger partial charge in [0.25, 0.3) is 5.91 Å².